The van der Waals surface area contributed by atoms with Gasteiger partial charge in [-0.15, -0.1) is 0 Å². The summed E-state index contributed by atoms with van der Waals surface area (Å²) in [5, 5.41) is 4.92. The number of benzene rings is 1. The zero-order valence-corrected chi connectivity index (χ0v) is 14.4. The van der Waals surface area contributed by atoms with Crippen LogP contribution in [0.2, 0.25) is 5.15 Å². The average Bonchev–Trinajstić information content (AvgIpc) is 2.60. The van der Waals surface area contributed by atoms with Crippen LogP contribution in [0.3, 0.4) is 0 Å². The molecule has 2 N–H and O–H groups in total. The van der Waals surface area contributed by atoms with Crippen LogP contribution in [-0.2, 0) is 0 Å². The first-order chi connectivity index (χ1) is 11.9. The van der Waals surface area contributed by atoms with Crippen LogP contribution in [0.1, 0.15) is 20.7 Å². The van der Waals surface area contributed by atoms with Gasteiger partial charge in [0.2, 0.25) is 0 Å². The zero-order chi connectivity index (χ0) is 18.6. The van der Waals surface area contributed by atoms with Crippen LogP contribution >= 0.6 is 11.6 Å². The number of carbonyl (C=O) groups excluding carboxylic acids is 2. The number of anilines is 1. The topological polar surface area (TPSA) is 89.6 Å². The molecule has 1 aromatic heterocycles. The minimum absolute atomic E-state index is 0.0565. The molecule has 0 aliphatic heterocycles. The van der Waals surface area contributed by atoms with Gasteiger partial charge in [-0.05, 0) is 18.2 Å². The Labute approximate surface area is 148 Å². The van der Waals surface area contributed by atoms with Gasteiger partial charge in [-0.3, -0.25) is 9.59 Å². The molecule has 132 valence electrons. The number of carbonyl (C=O) groups is 2. The molecule has 0 radical (unpaired) electrons. The molecule has 9 heteroatoms. The van der Waals surface area contributed by atoms with E-state index in [0.717, 1.165) is 6.07 Å². The van der Waals surface area contributed by atoms with Crippen LogP contribution < -0.4 is 20.1 Å². The summed E-state index contributed by atoms with van der Waals surface area (Å²) in [7, 11) is 4.07. The van der Waals surface area contributed by atoms with Crippen molar-refractivity contribution in [2.75, 3.05) is 26.6 Å². The molecule has 25 heavy (non-hydrogen) atoms. The van der Waals surface area contributed by atoms with E-state index >= 15 is 0 Å². The predicted molar refractivity (Wildman–Crippen MR) is 90.1 cm³/mol. The molecule has 0 aliphatic carbocycles. The number of hydrogen-bond acceptors (Lipinski definition) is 5. The third kappa shape index (κ3) is 3.80. The Balaban J connectivity index is 2.48. The Hall–Kier alpha value is -2.87. The molecule has 1 heterocycles. The van der Waals surface area contributed by atoms with Gasteiger partial charge in [0.1, 0.15) is 16.5 Å². The van der Waals surface area contributed by atoms with Crippen molar-refractivity contribution in [3.8, 4) is 11.5 Å². The highest BCUT2D eigenvalue weighted by molar-refractivity contribution is 6.30. The third-order valence-electron chi connectivity index (χ3n) is 3.31. The highest BCUT2D eigenvalue weighted by Gasteiger charge is 2.23. The third-order valence-corrected chi connectivity index (χ3v) is 3.52. The highest BCUT2D eigenvalue weighted by Crippen LogP contribution is 2.33. The summed E-state index contributed by atoms with van der Waals surface area (Å²) in [6, 6.07) is 3.70. The lowest BCUT2D eigenvalue weighted by atomic mass is 10.1. The van der Waals surface area contributed by atoms with Crippen LogP contribution in [-0.4, -0.2) is 38.1 Å². The van der Waals surface area contributed by atoms with Gasteiger partial charge in [-0.2, -0.15) is 0 Å². The Morgan fingerprint density at radius 3 is 2.52 bits per heavy atom. The molecule has 2 aromatic rings. The second-order valence-electron chi connectivity index (χ2n) is 4.74. The van der Waals surface area contributed by atoms with Crippen LogP contribution in [0.5, 0.6) is 11.5 Å². The van der Waals surface area contributed by atoms with E-state index in [1.54, 1.807) is 0 Å². The van der Waals surface area contributed by atoms with Crippen molar-refractivity contribution < 1.29 is 23.5 Å². The molecule has 0 bridgehead atoms. The van der Waals surface area contributed by atoms with Gasteiger partial charge in [0.05, 0.1) is 25.5 Å². The van der Waals surface area contributed by atoms with E-state index in [2.05, 4.69) is 15.6 Å². The van der Waals surface area contributed by atoms with Crippen molar-refractivity contribution in [2.45, 2.75) is 0 Å². The van der Waals surface area contributed by atoms with Crippen LogP contribution in [0.15, 0.2) is 24.4 Å². The molecule has 0 atom stereocenters. The summed E-state index contributed by atoms with van der Waals surface area (Å²) in [6.07, 6.45) is 1.20. The summed E-state index contributed by atoms with van der Waals surface area (Å²) in [6.45, 7) is 0. The molecule has 1 aromatic carbocycles. The van der Waals surface area contributed by atoms with Gasteiger partial charge in [0.15, 0.2) is 11.5 Å². The maximum Gasteiger partial charge on any atom is 0.262 e. The van der Waals surface area contributed by atoms with E-state index in [1.165, 1.54) is 39.6 Å². The molecular weight excluding hydrogens is 353 g/mol. The Morgan fingerprint density at radius 1 is 1.20 bits per heavy atom. The van der Waals surface area contributed by atoms with Gasteiger partial charge in [-0.25, -0.2) is 9.37 Å². The Bertz CT molecular complexity index is 829. The molecule has 0 spiro atoms. The average molecular weight is 368 g/mol. The van der Waals surface area contributed by atoms with Crippen molar-refractivity contribution in [2.24, 2.45) is 0 Å². The largest absolute Gasteiger partial charge is 0.493 e. The fraction of sp³-hybridized carbons (Fsp3) is 0.188. The first-order valence-electron chi connectivity index (χ1n) is 7.02. The number of methoxy groups -OCH3 is 2. The van der Waals surface area contributed by atoms with Gasteiger partial charge in [0.25, 0.3) is 11.8 Å². The van der Waals surface area contributed by atoms with Crippen LogP contribution in [0.25, 0.3) is 0 Å². The Kier molecular flexibility index (Phi) is 5.76. The summed E-state index contributed by atoms with van der Waals surface area (Å²) >= 11 is 5.82. The minimum atomic E-state index is -0.833. The van der Waals surface area contributed by atoms with Crippen molar-refractivity contribution >= 4 is 29.1 Å². The van der Waals surface area contributed by atoms with Crippen molar-refractivity contribution in [3.63, 3.8) is 0 Å². The minimum Gasteiger partial charge on any atom is -0.493 e. The number of rotatable bonds is 5. The fourth-order valence-electron chi connectivity index (χ4n) is 2.15. The molecule has 0 saturated carbocycles. The molecule has 2 rings (SSSR count). The molecule has 0 unspecified atom stereocenters. The second kappa shape index (κ2) is 7.80. The van der Waals surface area contributed by atoms with Gasteiger partial charge >= 0.3 is 0 Å². The lowest BCUT2D eigenvalue weighted by molar-refractivity contribution is 0.0963. The molecule has 7 nitrogen and oxygen atoms in total. The number of ether oxygens (including phenoxy) is 2. The molecule has 0 saturated heterocycles. The van der Waals surface area contributed by atoms with E-state index in [-0.39, 0.29) is 33.5 Å². The van der Waals surface area contributed by atoms with E-state index in [9.17, 15) is 14.0 Å². The lowest BCUT2D eigenvalue weighted by Gasteiger charge is -2.15. The van der Waals surface area contributed by atoms with E-state index in [1.807, 2.05) is 0 Å². The number of nitrogens with zero attached hydrogens (tertiary/aromatic N) is 1. The molecule has 0 fully saturated rings. The van der Waals surface area contributed by atoms with E-state index in [4.69, 9.17) is 21.1 Å². The Morgan fingerprint density at radius 2 is 1.92 bits per heavy atom. The van der Waals surface area contributed by atoms with E-state index in [0.29, 0.717) is 0 Å². The monoisotopic (exact) mass is 367 g/mol. The number of hydrogen-bond donors (Lipinski definition) is 2. The second-order valence-corrected chi connectivity index (χ2v) is 5.13. The quantitative estimate of drug-likeness (QED) is 0.792. The number of pyridine rings is 1. The maximum atomic E-state index is 14.2. The van der Waals surface area contributed by atoms with E-state index < -0.39 is 17.6 Å². The van der Waals surface area contributed by atoms with Gasteiger partial charge in [0, 0.05) is 13.2 Å². The van der Waals surface area contributed by atoms with Crippen molar-refractivity contribution in [3.05, 3.63) is 46.5 Å². The van der Waals surface area contributed by atoms with Crippen molar-refractivity contribution in [1.29, 1.82) is 0 Å². The van der Waals surface area contributed by atoms with Gasteiger partial charge in [-0.1, -0.05) is 11.6 Å². The first kappa shape index (κ1) is 18.5. The lowest BCUT2D eigenvalue weighted by Crippen LogP contribution is -2.22. The first-order valence-corrected chi connectivity index (χ1v) is 7.40. The zero-order valence-electron chi connectivity index (χ0n) is 13.6. The summed E-state index contributed by atoms with van der Waals surface area (Å²) in [5.74, 6) is -2.01. The number of nitrogens with one attached hydrogen (secondary N) is 2. The molecular formula is C16H15ClFN3O4. The summed E-state index contributed by atoms with van der Waals surface area (Å²) < 4.78 is 24.3. The molecule has 0 aliphatic rings. The number of aromatic nitrogens is 1. The van der Waals surface area contributed by atoms with Crippen molar-refractivity contribution in [1.82, 2.24) is 10.3 Å². The smallest absolute Gasteiger partial charge is 0.262 e. The SMILES string of the molecule is CNC(=O)c1cnc(Cl)cc1NC(=O)c1c(F)ccc(OC)c1OC. The normalized spacial score (nSPS) is 10.1. The van der Waals surface area contributed by atoms with Gasteiger partial charge < -0.3 is 20.1 Å². The maximum absolute atomic E-state index is 14.2. The predicted octanol–water partition coefficient (Wildman–Crippen LogP) is 2.50. The van der Waals surface area contributed by atoms with Crippen LogP contribution in [0.4, 0.5) is 10.1 Å². The summed E-state index contributed by atoms with van der Waals surface area (Å²) in [5.41, 5.74) is -0.214. The standard InChI is InChI=1S/C16H15ClFN3O4/c1-19-15(22)8-7-20-12(17)6-10(8)21-16(23)13-9(18)4-5-11(24-2)14(13)25-3/h4-7H,1-3H3,(H,19,22)(H,20,21,23). The highest BCUT2D eigenvalue weighted by atomic mass is 35.5. The van der Waals surface area contributed by atoms with Crippen LogP contribution in [0, 0.1) is 5.82 Å². The number of halogens is 2. The molecule has 2 amide bonds. The summed E-state index contributed by atoms with van der Waals surface area (Å²) in [4.78, 5) is 28.3. The fourth-order valence-corrected chi connectivity index (χ4v) is 2.31. The number of amides is 2.